The number of hydrogen-bond acceptors (Lipinski definition) is 3. The molecule has 0 aliphatic rings. The summed E-state index contributed by atoms with van der Waals surface area (Å²) in [6, 6.07) is 5.26. The Morgan fingerprint density at radius 1 is 1.57 bits per heavy atom. The maximum absolute atomic E-state index is 10.4. The van der Waals surface area contributed by atoms with Gasteiger partial charge in [0.2, 0.25) is 0 Å². The predicted molar refractivity (Wildman–Crippen MR) is 58.8 cm³/mol. The Morgan fingerprint density at radius 2 is 2.29 bits per heavy atom. The Morgan fingerprint density at radius 3 is 2.79 bits per heavy atom. The van der Waals surface area contributed by atoms with Crippen molar-refractivity contribution in [2.45, 2.75) is 5.75 Å². The summed E-state index contributed by atoms with van der Waals surface area (Å²) < 4.78 is 5.07. The van der Waals surface area contributed by atoms with Crippen LogP contribution < -0.4 is 10.5 Å². The Hall–Kier alpha value is -0.870. The lowest BCUT2D eigenvalue weighted by Crippen LogP contribution is -2.20. The van der Waals surface area contributed by atoms with Gasteiger partial charge in [-0.2, -0.15) is 12.6 Å². The van der Waals surface area contributed by atoms with E-state index in [2.05, 4.69) is 12.6 Å². The first-order valence-corrected chi connectivity index (χ1v) is 4.95. The van der Waals surface area contributed by atoms with E-state index in [0.717, 1.165) is 5.56 Å². The molecule has 0 saturated carbocycles. The van der Waals surface area contributed by atoms with Crippen LogP contribution in [-0.4, -0.2) is 12.5 Å². The molecule has 2 N–H and O–H groups in total. The number of carbonyl (C=O) groups is 1. The highest BCUT2D eigenvalue weighted by atomic mass is 35.5. The first-order valence-electron chi connectivity index (χ1n) is 3.94. The van der Waals surface area contributed by atoms with Crippen molar-refractivity contribution in [2.24, 2.45) is 5.73 Å². The molecule has 0 saturated heterocycles. The first kappa shape index (κ1) is 11.2. The first-order chi connectivity index (χ1) is 6.63. The lowest BCUT2D eigenvalue weighted by molar-refractivity contribution is -0.119. The van der Waals surface area contributed by atoms with Gasteiger partial charge in [0.15, 0.2) is 6.61 Å². The molecule has 0 spiro atoms. The summed E-state index contributed by atoms with van der Waals surface area (Å²) in [6.45, 7) is -0.167. The fourth-order valence-corrected chi connectivity index (χ4v) is 1.36. The monoisotopic (exact) mass is 231 g/mol. The normalized spacial score (nSPS) is 9.86. The Kier molecular flexibility index (Phi) is 4.10. The zero-order valence-electron chi connectivity index (χ0n) is 7.37. The van der Waals surface area contributed by atoms with Crippen molar-refractivity contribution in [1.82, 2.24) is 0 Å². The predicted octanol–water partition coefficient (Wildman–Crippen LogP) is 1.63. The van der Waals surface area contributed by atoms with Crippen molar-refractivity contribution in [1.29, 1.82) is 0 Å². The number of nitrogens with two attached hydrogens (primary N) is 1. The van der Waals surface area contributed by atoms with E-state index < -0.39 is 5.91 Å². The minimum absolute atomic E-state index is 0.167. The van der Waals surface area contributed by atoms with Crippen molar-refractivity contribution in [3.8, 4) is 5.75 Å². The number of ether oxygens (including phenoxy) is 1. The van der Waals surface area contributed by atoms with Gasteiger partial charge in [-0.25, -0.2) is 0 Å². The highest BCUT2D eigenvalue weighted by Gasteiger charge is 2.03. The molecule has 76 valence electrons. The van der Waals surface area contributed by atoms with Crippen LogP contribution in [0, 0.1) is 0 Å². The molecule has 5 heteroatoms. The topological polar surface area (TPSA) is 52.3 Å². The van der Waals surface area contributed by atoms with Crippen LogP contribution in [0.15, 0.2) is 18.2 Å². The van der Waals surface area contributed by atoms with Gasteiger partial charge in [0.1, 0.15) is 5.75 Å². The van der Waals surface area contributed by atoms with Gasteiger partial charge in [-0.15, -0.1) is 0 Å². The van der Waals surface area contributed by atoms with Crippen LogP contribution in [0.25, 0.3) is 0 Å². The summed E-state index contributed by atoms with van der Waals surface area (Å²) in [6.07, 6.45) is 0. The van der Waals surface area contributed by atoms with Crippen molar-refractivity contribution < 1.29 is 9.53 Å². The molecule has 1 amide bonds. The molecule has 0 aliphatic heterocycles. The number of hydrogen-bond donors (Lipinski definition) is 2. The van der Waals surface area contributed by atoms with Crippen molar-refractivity contribution in [3.05, 3.63) is 28.8 Å². The summed E-state index contributed by atoms with van der Waals surface area (Å²) in [5.41, 5.74) is 5.92. The Balaban J connectivity index is 2.73. The molecule has 0 atom stereocenters. The number of carbonyl (C=O) groups excluding carboxylic acids is 1. The third kappa shape index (κ3) is 3.12. The van der Waals surface area contributed by atoms with E-state index in [1.54, 1.807) is 12.1 Å². The van der Waals surface area contributed by atoms with Crippen LogP contribution >= 0.6 is 24.2 Å². The average molecular weight is 232 g/mol. The van der Waals surface area contributed by atoms with Crippen molar-refractivity contribution in [3.63, 3.8) is 0 Å². The lowest BCUT2D eigenvalue weighted by Gasteiger charge is -2.06. The summed E-state index contributed by atoms with van der Waals surface area (Å²) in [7, 11) is 0. The van der Waals surface area contributed by atoms with Crippen LogP contribution in [0.1, 0.15) is 5.56 Å². The number of thiol groups is 1. The maximum atomic E-state index is 10.4. The van der Waals surface area contributed by atoms with Gasteiger partial charge in [0.05, 0.1) is 5.02 Å². The van der Waals surface area contributed by atoms with Gasteiger partial charge >= 0.3 is 0 Å². The molecule has 14 heavy (non-hydrogen) atoms. The number of benzene rings is 1. The van der Waals surface area contributed by atoms with Crippen LogP contribution in [-0.2, 0) is 10.5 Å². The second-order valence-electron chi connectivity index (χ2n) is 2.68. The highest BCUT2D eigenvalue weighted by molar-refractivity contribution is 7.79. The fraction of sp³-hybridized carbons (Fsp3) is 0.222. The molecular formula is C9H10ClNO2S. The lowest BCUT2D eigenvalue weighted by atomic mass is 10.2. The summed E-state index contributed by atoms with van der Waals surface area (Å²) in [5, 5.41) is 0.456. The molecule has 1 rings (SSSR count). The fourth-order valence-electron chi connectivity index (χ4n) is 0.909. The van der Waals surface area contributed by atoms with Gasteiger partial charge in [-0.1, -0.05) is 17.7 Å². The number of primary amides is 1. The average Bonchev–Trinajstić information content (AvgIpc) is 2.15. The quantitative estimate of drug-likeness (QED) is 0.774. The number of rotatable bonds is 4. The maximum Gasteiger partial charge on any atom is 0.255 e. The molecule has 0 aromatic heterocycles. The van der Waals surface area contributed by atoms with Crippen molar-refractivity contribution >= 4 is 30.1 Å². The van der Waals surface area contributed by atoms with E-state index in [0.29, 0.717) is 16.5 Å². The molecule has 0 radical (unpaired) electrons. The minimum Gasteiger partial charge on any atom is -0.482 e. The largest absolute Gasteiger partial charge is 0.482 e. The van der Waals surface area contributed by atoms with Gasteiger partial charge in [0.25, 0.3) is 5.91 Å². The van der Waals surface area contributed by atoms with Crippen LogP contribution in [0.4, 0.5) is 0 Å². The van der Waals surface area contributed by atoms with E-state index in [4.69, 9.17) is 22.1 Å². The van der Waals surface area contributed by atoms with E-state index in [-0.39, 0.29) is 6.61 Å². The molecule has 0 bridgehead atoms. The van der Waals surface area contributed by atoms with Gasteiger partial charge in [-0.3, -0.25) is 4.79 Å². The van der Waals surface area contributed by atoms with Gasteiger partial charge < -0.3 is 10.5 Å². The molecule has 1 aromatic carbocycles. The van der Waals surface area contributed by atoms with Crippen LogP contribution in [0.2, 0.25) is 5.02 Å². The summed E-state index contributed by atoms with van der Waals surface area (Å²) in [4.78, 5) is 10.4. The third-order valence-electron chi connectivity index (χ3n) is 1.55. The van der Waals surface area contributed by atoms with Gasteiger partial charge in [-0.05, 0) is 17.7 Å². The van der Waals surface area contributed by atoms with E-state index >= 15 is 0 Å². The van der Waals surface area contributed by atoms with E-state index in [1.165, 1.54) is 0 Å². The Labute approximate surface area is 92.6 Å². The molecule has 0 aliphatic carbocycles. The van der Waals surface area contributed by atoms with Gasteiger partial charge in [0, 0.05) is 5.75 Å². The standard InChI is InChI=1S/C9H10ClNO2S/c10-7-3-6(5-14)1-2-8(7)13-4-9(11)12/h1-3,14H,4-5H2,(H2,11,12). The molecular weight excluding hydrogens is 222 g/mol. The highest BCUT2D eigenvalue weighted by Crippen LogP contribution is 2.25. The summed E-state index contributed by atoms with van der Waals surface area (Å²) in [5.74, 6) is 0.533. The smallest absolute Gasteiger partial charge is 0.255 e. The van der Waals surface area contributed by atoms with E-state index in [1.807, 2.05) is 6.07 Å². The third-order valence-corrected chi connectivity index (χ3v) is 2.21. The molecule has 1 aromatic rings. The molecule has 0 fully saturated rings. The second-order valence-corrected chi connectivity index (χ2v) is 3.40. The van der Waals surface area contributed by atoms with Crippen LogP contribution in [0.5, 0.6) is 5.75 Å². The zero-order chi connectivity index (χ0) is 10.6. The van der Waals surface area contributed by atoms with Crippen LogP contribution in [0.3, 0.4) is 0 Å². The summed E-state index contributed by atoms with van der Waals surface area (Å²) >= 11 is 9.98. The number of amides is 1. The van der Waals surface area contributed by atoms with Crippen molar-refractivity contribution in [2.75, 3.05) is 6.61 Å². The molecule has 0 unspecified atom stereocenters. The minimum atomic E-state index is -0.528. The molecule has 3 nitrogen and oxygen atoms in total. The Bertz CT molecular complexity index is 344. The molecule has 0 heterocycles. The zero-order valence-corrected chi connectivity index (χ0v) is 9.02. The second kappa shape index (κ2) is 5.12. The SMILES string of the molecule is NC(=O)COc1ccc(CS)cc1Cl. The van der Waals surface area contributed by atoms with E-state index in [9.17, 15) is 4.79 Å². The number of halogens is 1.